The van der Waals surface area contributed by atoms with Crippen molar-refractivity contribution in [2.45, 2.75) is 32.4 Å². The van der Waals surface area contributed by atoms with E-state index in [0.717, 1.165) is 18.5 Å². The molecule has 1 aliphatic heterocycles. The van der Waals surface area contributed by atoms with Crippen molar-refractivity contribution in [2.24, 2.45) is 0 Å². The van der Waals surface area contributed by atoms with Gasteiger partial charge in [-0.25, -0.2) is 4.39 Å². The largest absolute Gasteiger partial charge is 0.362 e. The number of halogens is 1. The Bertz CT molecular complexity index is 637. The van der Waals surface area contributed by atoms with Crippen LogP contribution < -0.4 is 10.2 Å². The molecule has 3 rings (SSSR count). The fourth-order valence-electron chi connectivity index (χ4n) is 3.03. The molecule has 0 spiro atoms. The number of hydrogen-bond donors (Lipinski definition) is 1. The predicted molar refractivity (Wildman–Crippen MR) is 87.7 cm³/mol. The van der Waals surface area contributed by atoms with Crippen LogP contribution in [0.5, 0.6) is 0 Å². The quantitative estimate of drug-likeness (QED) is 0.910. The standard InChI is InChI=1S/C17H21FN2S/c1-11(19-3)13-4-5-16(15(18)10-13)20-8-6-17-14(12(20)2)7-9-21-17/h4-5,7,9-12,19H,6,8H2,1-3H3. The van der Waals surface area contributed by atoms with E-state index in [1.807, 2.05) is 37.4 Å². The number of anilines is 1. The summed E-state index contributed by atoms with van der Waals surface area (Å²) in [5.41, 5.74) is 3.05. The third-order valence-electron chi connectivity index (χ3n) is 4.49. The third kappa shape index (κ3) is 2.58. The normalized spacial score (nSPS) is 19.4. The summed E-state index contributed by atoms with van der Waals surface area (Å²) >= 11 is 1.81. The Morgan fingerprint density at radius 1 is 1.38 bits per heavy atom. The van der Waals surface area contributed by atoms with Crippen molar-refractivity contribution in [3.8, 4) is 0 Å². The van der Waals surface area contributed by atoms with Gasteiger partial charge in [0.05, 0.1) is 11.7 Å². The molecule has 1 aromatic heterocycles. The van der Waals surface area contributed by atoms with E-state index in [0.29, 0.717) is 5.69 Å². The molecule has 2 atom stereocenters. The molecule has 4 heteroatoms. The first kappa shape index (κ1) is 14.5. The van der Waals surface area contributed by atoms with Crippen molar-refractivity contribution < 1.29 is 4.39 Å². The number of hydrogen-bond acceptors (Lipinski definition) is 3. The fourth-order valence-corrected chi connectivity index (χ4v) is 3.99. The SMILES string of the molecule is CNC(C)c1ccc(N2CCc3sccc3C2C)c(F)c1. The average Bonchev–Trinajstić information content (AvgIpc) is 2.97. The maximum atomic E-state index is 14.5. The van der Waals surface area contributed by atoms with E-state index in [2.05, 4.69) is 28.6 Å². The maximum absolute atomic E-state index is 14.5. The second kappa shape index (κ2) is 5.78. The summed E-state index contributed by atoms with van der Waals surface area (Å²) < 4.78 is 14.5. The van der Waals surface area contributed by atoms with E-state index in [9.17, 15) is 4.39 Å². The Balaban J connectivity index is 1.91. The molecule has 0 bridgehead atoms. The third-order valence-corrected chi connectivity index (χ3v) is 5.49. The van der Waals surface area contributed by atoms with Crippen molar-refractivity contribution in [3.63, 3.8) is 0 Å². The molecule has 0 aliphatic carbocycles. The highest BCUT2D eigenvalue weighted by Crippen LogP contribution is 2.37. The lowest BCUT2D eigenvalue weighted by Crippen LogP contribution is -2.33. The van der Waals surface area contributed by atoms with Crippen LogP contribution in [0.1, 0.15) is 41.9 Å². The van der Waals surface area contributed by atoms with E-state index in [1.54, 1.807) is 6.07 Å². The van der Waals surface area contributed by atoms with Crippen molar-refractivity contribution in [2.75, 3.05) is 18.5 Å². The smallest absolute Gasteiger partial charge is 0.146 e. The van der Waals surface area contributed by atoms with Gasteiger partial charge in [0.25, 0.3) is 0 Å². The minimum Gasteiger partial charge on any atom is -0.362 e. The number of rotatable bonds is 3. The van der Waals surface area contributed by atoms with Crippen LogP contribution in [0.4, 0.5) is 10.1 Å². The second-order valence-corrected chi connectivity index (χ2v) is 6.64. The molecule has 2 aromatic rings. The van der Waals surface area contributed by atoms with Crippen LogP contribution in [-0.2, 0) is 6.42 Å². The molecule has 0 saturated heterocycles. The molecule has 21 heavy (non-hydrogen) atoms. The molecule has 2 heterocycles. The van der Waals surface area contributed by atoms with E-state index in [1.165, 1.54) is 10.4 Å². The summed E-state index contributed by atoms with van der Waals surface area (Å²) in [5.74, 6) is -0.125. The molecule has 1 aromatic carbocycles. The van der Waals surface area contributed by atoms with E-state index in [4.69, 9.17) is 0 Å². The topological polar surface area (TPSA) is 15.3 Å². The number of nitrogens with one attached hydrogen (secondary N) is 1. The summed E-state index contributed by atoms with van der Waals surface area (Å²) in [6, 6.07) is 8.18. The number of fused-ring (bicyclic) bond motifs is 1. The highest BCUT2D eigenvalue weighted by atomic mass is 32.1. The van der Waals surface area contributed by atoms with E-state index in [-0.39, 0.29) is 17.9 Å². The van der Waals surface area contributed by atoms with Crippen LogP contribution in [0.3, 0.4) is 0 Å². The predicted octanol–water partition coefficient (Wildman–Crippen LogP) is 4.29. The van der Waals surface area contributed by atoms with Gasteiger partial charge >= 0.3 is 0 Å². The Morgan fingerprint density at radius 3 is 2.90 bits per heavy atom. The summed E-state index contributed by atoms with van der Waals surface area (Å²) in [4.78, 5) is 3.62. The van der Waals surface area contributed by atoms with Gasteiger partial charge in [-0.3, -0.25) is 0 Å². The highest BCUT2D eigenvalue weighted by Gasteiger charge is 2.26. The zero-order chi connectivity index (χ0) is 15.0. The number of benzene rings is 1. The summed E-state index contributed by atoms with van der Waals surface area (Å²) in [6.07, 6.45) is 1.01. The highest BCUT2D eigenvalue weighted by molar-refractivity contribution is 7.10. The van der Waals surface area contributed by atoms with Crippen LogP contribution in [0.25, 0.3) is 0 Å². The molecular weight excluding hydrogens is 283 g/mol. The second-order valence-electron chi connectivity index (χ2n) is 5.64. The zero-order valence-corrected chi connectivity index (χ0v) is 13.5. The average molecular weight is 304 g/mol. The summed E-state index contributed by atoms with van der Waals surface area (Å²) in [6.45, 7) is 5.08. The molecule has 2 nitrogen and oxygen atoms in total. The Hall–Kier alpha value is -1.39. The number of nitrogens with zero attached hydrogens (tertiary/aromatic N) is 1. The minimum absolute atomic E-state index is 0.125. The van der Waals surface area contributed by atoms with Crippen LogP contribution in [-0.4, -0.2) is 13.6 Å². The van der Waals surface area contributed by atoms with Gasteiger partial charge in [-0.2, -0.15) is 0 Å². The molecule has 0 radical (unpaired) electrons. The van der Waals surface area contributed by atoms with Gasteiger partial charge in [-0.05, 0) is 62.0 Å². The van der Waals surface area contributed by atoms with Gasteiger partial charge in [0, 0.05) is 17.5 Å². The first-order valence-corrected chi connectivity index (χ1v) is 8.29. The maximum Gasteiger partial charge on any atom is 0.146 e. The van der Waals surface area contributed by atoms with Gasteiger partial charge in [0.15, 0.2) is 0 Å². The summed E-state index contributed by atoms with van der Waals surface area (Å²) in [7, 11) is 1.89. The molecule has 0 amide bonds. The zero-order valence-electron chi connectivity index (χ0n) is 12.7. The van der Waals surface area contributed by atoms with Gasteiger partial charge in [-0.15, -0.1) is 11.3 Å². The molecule has 0 fully saturated rings. The molecular formula is C17H21FN2S. The van der Waals surface area contributed by atoms with Crippen LogP contribution >= 0.6 is 11.3 Å². The van der Waals surface area contributed by atoms with E-state index >= 15 is 0 Å². The van der Waals surface area contributed by atoms with Gasteiger partial charge < -0.3 is 10.2 Å². The first-order chi connectivity index (χ1) is 10.1. The van der Waals surface area contributed by atoms with Crippen LogP contribution in [0, 0.1) is 5.82 Å². The van der Waals surface area contributed by atoms with Gasteiger partial charge in [0.2, 0.25) is 0 Å². The lowest BCUT2D eigenvalue weighted by molar-refractivity contribution is 0.575. The van der Waals surface area contributed by atoms with Crippen molar-refractivity contribution in [1.82, 2.24) is 5.32 Å². The van der Waals surface area contributed by atoms with E-state index < -0.39 is 0 Å². The van der Waals surface area contributed by atoms with Crippen LogP contribution in [0.2, 0.25) is 0 Å². The lowest BCUT2D eigenvalue weighted by Gasteiger charge is -2.36. The van der Waals surface area contributed by atoms with Gasteiger partial charge in [-0.1, -0.05) is 6.07 Å². The van der Waals surface area contributed by atoms with Crippen LogP contribution in [0.15, 0.2) is 29.6 Å². The molecule has 1 N–H and O–H groups in total. The monoisotopic (exact) mass is 304 g/mol. The fraction of sp³-hybridized carbons (Fsp3) is 0.412. The molecule has 0 saturated carbocycles. The Morgan fingerprint density at radius 2 is 2.19 bits per heavy atom. The van der Waals surface area contributed by atoms with Crippen molar-refractivity contribution in [1.29, 1.82) is 0 Å². The molecule has 112 valence electrons. The van der Waals surface area contributed by atoms with Gasteiger partial charge in [0.1, 0.15) is 5.82 Å². The first-order valence-electron chi connectivity index (χ1n) is 7.41. The molecule has 1 aliphatic rings. The molecule has 2 unspecified atom stereocenters. The van der Waals surface area contributed by atoms with Crippen molar-refractivity contribution in [3.05, 3.63) is 51.5 Å². The minimum atomic E-state index is -0.125. The summed E-state index contributed by atoms with van der Waals surface area (Å²) in [5, 5.41) is 5.28. The lowest BCUT2D eigenvalue weighted by atomic mass is 9.99. The van der Waals surface area contributed by atoms with Crippen molar-refractivity contribution >= 4 is 17.0 Å². The Kier molecular flexibility index (Phi) is 4.00. The Labute approximate surface area is 129 Å². The number of thiophene rings is 1.